The summed E-state index contributed by atoms with van der Waals surface area (Å²) in [6.07, 6.45) is 1.43. The van der Waals surface area contributed by atoms with E-state index in [1.54, 1.807) is 25.3 Å². The molecule has 2 amide bonds. The molecule has 0 aliphatic heterocycles. The quantitative estimate of drug-likeness (QED) is 0.744. The second-order valence-corrected chi connectivity index (χ2v) is 4.89. The Labute approximate surface area is 151 Å². The van der Waals surface area contributed by atoms with Crippen molar-refractivity contribution < 1.29 is 23.7 Å². The number of anilines is 2. The van der Waals surface area contributed by atoms with Crippen LogP contribution in [0.4, 0.5) is 16.2 Å². The minimum Gasteiger partial charge on any atom is -0.493 e. The molecule has 0 unspecified atom stereocenters. The van der Waals surface area contributed by atoms with Gasteiger partial charge in [0, 0.05) is 11.8 Å². The number of amides is 2. The lowest BCUT2D eigenvalue weighted by Gasteiger charge is -2.13. The number of nitrogens with zero attached hydrogens (tertiary/aromatic N) is 2. The van der Waals surface area contributed by atoms with Gasteiger partial charge < -0.3 is 29.6 Å². The van der Waals surface area contributed by atoms with Gasteiger partial charge in [0.05, 0.1) is 33.6 Å². The van der Waals surface area contributed by atoms with Gasteiger partial charge >= 0.3 is 12.0 Å². The first kappa shape index (κ1) is 19.1. The van der Waals surface area contributed by atoms with Gasteiger partial charge in [-0.05, 0) is 26.0 Å². The zero-order valence-corrected chi connectivity index (χ0v) is 15.2. The molecule has 0 bridgehead atoms. The molecule has 0 aliphatic rings. The summed E-state index contributed by atoms with van der Waals surface area (Å²) in [5, 5.41) is 5.35. The van der Waals surface area contributed by atoms with E-state index in [0.29, 0.717) is 36.1 Å². The summed E-state index contributed by atoms with van der Waals surface area (Å²) in [5.41, 5.74) is 0.859. The molecule has 9 nitrogen and oxygen atoms in total. The zero-order valence-electron chi connectivity index (χ0n) is 15.2. The normalized spacial score (nSPS) is 10.0. The van der Waals surface area contributed by atoms with Crippen LogP contribution in [0.15, 0.2) is 24.4 Å². The summed E-state index contributed by atoms with van der Waals surface area (Å²) in [4.78, 5) is 20.4. The largest absolute Gasteiger partial charge is 0.493 e. The van der Waals surface area contributed by atoms with E-state index in [-0.39, 0.29) is 11.9 Å². The van der Waals surface area contributed by atoms with Gasteiger partial charge in [0.1, 0.15) is 5.69 Å². The molecule has 26 heavy (non-hydrogen) atoms. The Kier molecular flexibility index (Phi) is 6.84. The Bertz CT molecular complexity index is 754. The van der Waals surface area contributed by atoms with E-state index in [9.17, 15) is 4.79 Å². The van der Waals surface area contributed by atoms with E-state index in [1.165, 1.54) is 13.3 Å². The highest BCUT2D eigenvalue weighted by Crippen LogP contribution is 2.30. The number of carbonyl (C=O) groups excluding carboxylic acids is 1. The van der Waals surface area contributed by atoms with Crippen molar-refractivity contribution in [1.82, 2.24) is 9.97 Å². The van der Waals surface area contributed by atoms with Crippen molar-refractivity contribution in [3.05, 3.63) is 24.4 Å². The molecule has 2 rings (SSSR count). The van der Waals surface area contributed by atoms with Crippen molar-refractivity contribution in [3.8, 4) is 23.4 Å². The molecule has 1 aromatic carbocycles. The maximum atomic E-state index is 12.3. The third-order valence-corrected chi connectivity index (χ3v) is 3.18. The van der Waals surface area contributed by atoms with Crippen molar-refractivity contribution in [2.45, 2.75) is 13.8 Å². The smallest absolute Gasteiger partial charge is 0.323 e. The Morgan fingerprint density at radius 3 is 2.42 bits per heavy atom. The third-order valence-electron chi connectivity index (χ3n) is 3.18. The summed E-state index contributed by atoms with van der Waals surface area (Å²) in [5.74, 6) is 1.30. The molecule has 0 saturated heterocycles. The highest BCUT2D eigenvalue weighted by Gasteiger charge is 2.13. The van der Waals surface area contributed by atoms with Gasteiger partial charge in [0.2, 0.25) is 5.88 Å². The molecule has 0 spiro atoms. The summed E-state index contributed by atoms with van der Waals surface area (Å²) in [6, 6.07) is 4.74. The van der Waals surface area contributed by atoms with Crippen LogP contribution in [-0.4, -0.2) is 43.4 Å². The topological polar surface area (TPSA) is 104 Å². The molecule has 0 atom stereocenters. The van der Waals surface area contributed by atoms with Crippen LogP contribution in [-0.2, 0) is 0 Å². The number of rotatable bonds is 8. The molecule has 2 N–H and O–H groups in total. The van der Waals surface area contributed by atoms with Gasteiger partial charge in [-0.15, -0.1) is 0 Å². The van der Waals surface area contributed by atoms with Crippen LogP contribution in [0.5, 0.6) is 23.4 Å². The molecule has 0 fully saturated rings. The molecular formula is C17H22N4O5. The van der Waals surface area contributed by atoms with Crippen molar-refractivity contribution in [3.63, 3.8) is 0 Å². The van der Waals surface area contributed by atoms with Gasteiger partial charge in [-0.3, -0.25) is 0 Å². The summed E-state index contributed by atoms with van der Waals surface area (Å²) in [7, 11) is 3.06. The molecule has 0 radical (unpaired) electrons. The lowest BCUT2D eigenvalue weighted by atomic mass is 10.3. The van der Waals surface area contributed by atoms with Crippen LogP contribution in [0.3, 0.4) is 0 Å². The lowest BCUT2D eigenvalue weighted by molar-refractivity contribution is 0.261. The highest BCUT2D eigenvalue weighted by atomic mass is 16.5. The monoisotopic (exact) mass is 362 g/mol. The standard InChI is InChI=1S/C17H22N4O5/c1-5-25-15-12(10-18-17(21-15)26-6-2)20-16(22)19-11-7-8-13(23-3)14(9-11)24-4/h7-10H,5-6H2,1-4H3,(H2,19,20,22). The fraction of sp³-hybridized carbons (Fsp3) is 0.353. The van der Waals surface area contributed by atoms with Crippen LogP contribution >= 0.6 is 0 Å². The summed E-state index contributed by atoms with van der Waals surface area (Å²) >= 11 is 0. The second-order valence-electron chi connectivity index (χ2n) is 4.89. The summed E-state index contributed by atoms with van der Waals surface area (Å²) < 4.78 is 21.1. The van der Waals surface area contributed by atoms with E-state index in [0.717, 1.165) is 0 Å². The van der Waals surface area contributed by atoms with Crippen LogP contribution < -0.4 is 29.6 Å². The van der Waals surface area contributed by atoms with Gasteiger partial charge in [-0.1, -0.05) is 0 Å². The number of carbonyl (C=O) groups is 1. The molecule has 140 valence electrons. The Morgan fingerprint density at radius 2 is 1.77 bits per heavy atom. The Hall–Kier alpha value is -3.23. The van der Waals surface area contributed by atoms with Gasteiger partial charge in [0.25, 0.3) is 0 Å². The predicted molar refractivity (Wildman–Crippen MR) is 96.6 cm³/mol. The summed E-state index contributed by atoms with van der Waals surface area (Å²) in [6.45, 7) is 4.45. The Morgan fingerprint density at radius 1 is 1.04 bits per heavy atom. The molecule has 9 heteroatoms. The van der Waals surface area contributed by atoms with E-state index in [2.05, 4.69) is 20.6 Å². The maximum absolute atomic E-state index is 12.3. The van der Waals surface area contributed by atoms with Crippen LogP contribution in [0.25, 0.3) is 0 Å². The van der Waals surface area contributed by atoms with E-state index in [1.807, 2.05) is 13.8 Å². The first-order valence-electron chi connectivity index (χ1n) is 8.03. The predicted octanol–water partition coefficient (Wildman–Crippen LogP) is 2.94. The minimum absolute atomic E-state index is 0.182. The number of nitrogens with one attached hydrogen (secondary N) is 2. The SMILES string of the molecule is CCOc1ncc(NC(=O)Nc2ccc(OC)c(OC)c2)c(OCC)n1. The van der Waals surface area contributed by atoms with Crippen LogP contribution in [0.1, 0.15) is 13.8 Å². The van der Waals surface area contributed by atoms with E-state index < -0.39 is 6.03 Å². The number of aromatic nitrogens is 2. The number of urea groups is 1. The van der Waals surface area contributed by atoms with Crippen molar-refractivity contribution in [2.24, 2.45) is 0 Å². The Balaban J connectivity index is 2.12. The average Bonchev–Trinajstić information content (AvgIpc) is 2.64. The number of hydrogen-bond donors (Lipinski definition) is 2. The average molecular weight is 362 g/mol. The van der Waals surface area contributed by atoms with E-state index >= 15 is 0 Å². The first-order chi connectivity index (χ1) is 12.6. The van der Waals surface area contributed by atoms with Crippen molar-refractivity contribution in [2.75, 3.05) is 38.1 Å². The lowest BCUT2D eigenvalue weighted by Crippen LogP contribution is -2.20. The molecule has 2 aromatic rings. The number of hydrogen-bond acceptors (Lipinski definition) is 7. The van der Waals surface area contributed by atoms with Crippen molar-refractivity contribution >= 4 is 17.4 Å². The second kappa shape index (κ2) is 9.30. The fourth-order valence-corrected chi connectivity index (χ4v) is 2.08. The number of ether oxygens (including phenoxy) is 4. The molecule has 1 aromatic heterocycles. The number of benzene rings is 1. The van der Waals surface area contributed by atoms with E-state index in [4.69, 9.17) is 18.9 Å². The zero-order chi connectivity index (χ0) is 18.9. The molecule has 1 heterocycles. The number of methoxy groups -OCH3 is 2. The van der Waals surface area contributed by atoms with Gasteiger partial charge in [0.15, 0.2) is 11.5 Å². The maximum Gasteiger partial charge on any atom is 0.323 e. The minimum atomic E-state index is -0.481. The third kappa shape index (κ3) is 4.88. The van der Waals surface area contributed by atoms with Crippen molar-refractivity contribution in [1.29, 1.82) is 0 Å². The van der Waals surface area contributed by atoms with Crippen LogP contribution in [0, 0.1) is 0 Å². The molecule has 0 saturated carbocycles. The molecular weight excluding hydrogens is 340 g/mol. The van der Waals surface area contributed by atoms with Gasteiger partial charge in [-0.2, -0.15) is 4.98 Å². The highest BCUT2D eigenvalue weighted by molar-refractivity contribution is 6.00. The molecule has 0 aliphatic carbocycles. The van der Waals surface area contributed by atoms with Gasteiger partial charge in [-0.25, -0.2) is 9.78 Å². The first-order valence-corrected chi connectivity index (χ1v) is 8.03. The fourth-order valence-electron chi connectivity index (χ4n) is 2.08. The van der Waals surface area contributed by atoms with Crippen LogP contribution in [0.2, 0.25) is 0 Å².